The number of nitrogens with zero attached hydrogens (tertiary/aromatic N) is 2. The second kappa shape index (κ2) is 3.65. The van der Waals surface area contributed by atoms with Crippen LogP contribution < -0.4 is 0 Å². The summed E-state index contributed by atoms with van der Waals surface area (Å²) in [6, 6.07) is 0. The van der Waals surface area contributed by atoms with Crippen molar-refractivity contribution in [1.82, 2.24) is 4.90 Å². The molecule has 2 nitrogen and oxygen atoms in total. The lowest BCUT2D eigenvalue weighted by Gasteiger charge is -2.09. The molecular formula is C9H16ClN2+. The lowest BCUT2D eigenvalue weighted by molar-refractivity contribution is -0.505. The molecule has 68 valence electrons. The normalized spacial score (nSPS) is 29.9. The van der Waals surface area contributed by atoms with Crippen LogP contribution in [0.2, 0.25) is 0 Å². The van der Waals surface area contributed by atoms with Gasteiger partial charge in [0, 0.05) is 6.42 Å². The summed E-state index contributed by atoms with van der Waals surface area (Å²) in [4.78, 5) is 2.27. The zero-order chi connectivity index (χ0) is 8.39. The summed E-state index contributed by atoms with van der Waals surface area (Å²) in [5, 5.41) is 0. The number of halogens is 1. The first kappa shape index (κ1) is 8.36. The summed E-state index contributed by atoms with van der Waals surface area (Å²) in [7, 11) is 0. The van der Waals surface area contributed by atoms with Gasteiger partial charge < -0.3 is 0 Å². The molecule has 0 aliphatic carbocycles. The van der Waals surface area contributed by atoms with E-state index in [2.05, 4.69) is 15.8 Å². The Morgan fingerprint density at radius 2 is 2.00 bits per heavy atom. The minimum absolute atomic E-state index is 0.255. The molecule has 0 N–H and O–H groups in total. The summed E-state index contributed by atoms with van der Waals surface area (Å²) < 4.78 is 2.39. The zero-order valence-electron chi connectivity index (χ0n) is 7.38. The molecule has 2 heterocycles. The predicted octanol–water partition coefficient (Wildman–Crippen LogP) is 1.48. The highest BCUT2D eigenvalue weighted by atomic mass is 35.5. The fourth-order valence-corrected chi connectivity index (χ4v) is 2.25. The van der Waals surface area contributed by atoms with Crippen LogP contribution in [0.4, 0.5) is 0 Å². The van der Waals surface area contributed by atoms with Gasteiger partial charge in [-0.05, 0) is 19.3 Å². The van der Waals surface area contributed by atoms with Crippen LogP contribution in [0.5, 0.6) is 0 Å². The van der Waals surface area contributed by atoms with Gasteiger partial charge in [0.15, 0.2) is 5.50 Å². The van der Waals surface area contributed by atoms with Crippen molar-refractivity contribution in [2.45, 2.75) is 31.2 Å². The van der Waals surface area contributed by atoms with Gasteiger partial charge in [-0.2, -0.15) is 0 Å². The van der Waals surface area contributed by atoms with Crippen LogP contribution in [0.25, 0.3) is 0 Å². The van der Waals surface area contributed by atoms with E-state index in [0.29, 0.717) is 0 Å². The number of hydrogen-bond donors (Lipinski definition) is 0. The van der Waals surface area contributed by atoms with E-state index in [1.807, 2.05) is 0 Å². The van der Waals surface area contributed by atoms with E-state index < -0.39 is 0 Å². The van der Waals surface area contributed by atoms with Crippen molar-refractivity contribution >= 4 is 17.9 Å². The highest BCUT2D eigenvalue weighted by Gasteiger charge is 2.26. The lowest BCUT2D eigenvalue weighted by Crippen LogP contribution is -2.28. The first-order chi connectivity index (χ1) is 5.86. The average Bonchev–Trinajstić information content (AvgIpc) is 2.65. The van der Waals surface area contributed by atoms with Crippen LogP contribution >= 0.6 is 11.6 Å². The molecule has 0 radical (unpaired) electrons. The molecule has 3 heteroatoms. The maximum atomic E-state index is 6.12. The van der Waals surface area contributed by atoms with Crippen molar-refractivity contribution in [3.05, 3.63) is 0 Å². The van der Waals surface area contributed by atoms with Gasteiger partial charge in [0.05, 0.1) is 19.6 Å². The molecular weight excluding hydrogens is 172 g/mol. The topological polar surface area (TPSA) is 6.25 Å². The van der Waals surface area contributed by atoms with Crippen molar-refractivity contribution in [3.63, 3.8) is 0 Å². The maximum Gasteiger partial charge on any atom is 0.235 e. The van der Waals surface area contributed by atoms with E-state index >= 15 is 0 Å². The highest BCUT2D eigenvalue weighted by molar-refractivity contribution is 6.21. The molecule has 0 aromatic rings. The standard InChI is InChI=1S/C9H16ClN2/c10-9-4-3-7-12(9)8-11-5-1-2-6-11/h8-9H,1-7H2/q+1. The number of likely N-dealkylation sites (tertiary alicyclic amines) is 1. The van der Waals surface area contributed by atoms with Crippen molar-refractivity contribution < 1.29 is 4.58 Å². The Hall–Kier alpha value is -0.240. The molecule has 0 aromatic carbocycles. The molecule has 2 saturated heterocycles. The second-order valence-corrected chi connectivity index (χ2v) is 4.18. The molecule has 0 saturated carbocycles. The Balaban J connectivity index is 1.95. The Labute approximate surface area is 78.8 Å². The minimum atomic E-state index is 0.255. The van der Waals surface area contributed by atoms with Gasteiger partial charge in [0.2, 0.25) is 6.34 Å². The van der Waals surface area contributed by atoms with E-state index in [1.54, 1.807) is 0 Å². The largest absolute Gasteiger partial charge is 0.268 e. The molecule has 0 aromatic heterocycles. The van der Waals surface area contributed by atoms with Crippen LogP contribution in [0.1, 0.15) is 25.7 Å². The van der Waals surface area contributed by atoms with Crippen LogP contribution in [-0.2, 0) is 0 Å². The molecule has 0 bridgehead atoms. The third-order valence-corrected chi connectivity index (χ3v) is 3.14. The second-order valence-electron chi connectivity index (χ2n) is 3.67. The molecule has 12 heavy (non-hydrogen) atoms. The fraction of sp³-hybridized carbons (Fsp3) is 0.889. The van der Waals surface area contributed by atoms with Gasteiger partial charge in [-0.3, -0.25) is 9.48 Å². The summed E-state index contributed by atoms with van der Waals surface area (Å²) in [6.45, 7) is 3.59. The van der Waals surface area contributed by atoms with Crippen LogP contribution in [0.3, 0.4) is 0 Å². The van der Waals surface area contributed by atoms with Gasteiger partial charge >= 0.3 is 0 Å². The van der Waals surface area contributed by atoms with Gasteiger partial charge in [0.25, 0.3) is 0 Å². The van der Waals surface area contributed by atoms with E-state index in [4.69, 9.17) is 11.6 Å². The van der Waals surface area contributed by atoms with Crippen molar-refractivity contribution in [1.29, 1.82) is 0 Å². The summed E-state index contributed by atoms with van der Waals surface area (Å²) in [5.41, 5.74) is 0.255. The third-order valence-electron chi connectivity index (χ3n) is 2.67. The highest BCUT2D eigenvalue weighted by Crippen LogP contribution is 2.18. The smallest absolute Gasteiger partial charge is 0.235 e. The quantitative estimate of drug-likeness (QED) is 0.261. The molecule has 1 atom stereocenters. The van der Waals surface area contributed by atoms with E-state index in [9.17, 15) is 0 Å². The average molecular weight is 188 g/mol. The molecule has 2 fully saturated rings. The zero-order valence-corrected chi connectivity index (χ0v) is 8.13. The SMILES string of the molecule is ClC1CCCN1C=[N+]1CCCC1. The van der Waals surface area contributed by atoms with Crippen LogP contribution in [0, 0.1) is 0 Å². The maximum absolute atomic E-state index is 6.12. The van der Waals surface area contributed by atoms with Gasteiger partial charge in [-0.1, -0.05) is 11.6 Å². The molecule has 2 aliphatic heterocycles. The van der Waals surface area contributed by atoms with E-state index in [-0.39, 0.29) is 5.50 Å². The van der Waals surface area contributed by atoms with E-state index in [1.165, 1.54) is 32.4 Å². The van der Waals surface area contributed by atoms with Crippen molar-refractivity contribution in [3.8, 4) is 0 Å². The van der Waals surface area contributed by atoms with Gasteiger partial charge in [0.1, 0.15) is 0 Å². The van der Waals surface area contributed by atoms with Gasteiger partial charge in [-0.15, -0.1) is 0 Å². The Kier molecular flexibility index (Phi) is 2.54. The number of hydrogen-bond acceptors (Lipinski definition) is 0. The molecule has 0 amide bonds. The van der Waals surface area contributed by atoms with Crippen molar-refractivity contribution in [2.75, 3.05) is 19.6 Å². The Morgan fingerprint density at radius 3 is 2.58 bits per heavy atom. The molecule has 0 spiro atoms. The summed E-state index contributed by atoms with van der Waals surface area (Å²) in [5.74, 6) is 0. The molecule has 2 rings (SSSR count). The molecule has 1 unspecified atom stereocenters. The fourth-order valence-electron chi connectivity index (χ4n) is 1.95. The first-order valence-electron chi connectivity index (χ1n) is 4.85. The molecule has 2 aliphatic rings. The first-order valence-corrected chi connectivity index (χ1v) is 5.29. The van der Waals surface area contributed by atoms with Crippen LogP contribution in [-0.4, -0.2) is 40.9 Å². The number of alkyl halides is 1. The van der Waals surface area contributed by atoms with Crippen molar-refractivity contribution in [2.24, 2.45) is 0 Å². The third kappa shape index (κ3) is 1.74. The Bertz CT molecular complexity index is 183. The van der Waals surface area contributed by atoms with Gasteiger partial charge in [-0.25, -0.2) is 0 Å². The predicted molar refractivity (Wildman–Crippen MR) is 50.9 cm³/mol. The summed E-state index contributed by atoms with van der Waals surface area (Å²) >= 11 is 6.12. The Morgan fingerprint density at radius 1 is 1.25 bits per heavy atom. The summed E-state index contributed by atoms with van der Waals surface area (Å²) in [6.07, 6.45) is 7.32. The monoisotopic (exact) mass is 187 g/mol. The number of rotatable bonds is 1. The lowest BCUT2D eigenvalue weighted by atomic mass is 10.4. The van der Waals surface area contributed by atoms with E-state index in [0.717, 1.165) is 13.0 Å². The minimum Gasteiger partial charge on any atom is -0.268 e. The van der Waals surface area contributed by atoms with Crippen LogP contribution in [0.15, 0.2) is 0 Å².